The maximum Gasteiger partial charge on any atom is 0.131 e. The zero-order valence-corrected chi connectivity index (χ0v) is 8.73. The van der Waals surface area contributed by atoms with Gasteiger partial charge in [0.1, 0.15) is 10.0 Å². The molecule has 1 aromatic heterocycles. The molecule has 72 valence electrons. The standard InChI is InChI=1S/C9H15N3S/c1-7-11-12-9(13-7)6-10-8-4-2-3-5-8/h8,10H,2-6H2,1H3. The van der Waals surface area contributed by atoms with Crippen LogP contribution in [0, 0.1) is 6.92 Å². The van der Waals surface area contributed by atoms with Crippen LogP contribution < -0.4 is 5.32 Å². The number of hydrogen-bond donors (Lipinski definition) is 1. The topological polar surface area (TPSA) is 37.8 Å². The average Bonchev–Trinajstić information content (AvgIpc) is 2.71. The number of aryl methyl sites for hydroxylation is 1. The van der Waals surface area contributed by atoms with E-state index in [9.17, 15) is 0 Å². The zero-order valence-electron chi connectivity index (χ0n) is 7.92. The van der Waals surface area contributed by atoms with Crippen molar-refractivity contribution < 1.29 is 0 Å². The van der Waals surface area contributed by atoms with Crippen molar-refractivity contribution in [3.63, 3.8) is 0 Å². The van der Waals surface area contributed by atoms with Gasteiger partial charge in [-0.1, -0.05) is 12.8 Å². The Bertz CT molecular complexity index is 266. The molecule has 0 atom stereocenters. The Hall–Kier alpha value is -0.480. The van der Waals surface area contributed by atoms with Gasteiger partial charge in [-0.05, 0) is 19.8 Å². The molecular weight excluding hydrogens is 182 g/mol. The maximum atomic E-state index is 4.08. The molecule has 1 heterocycles. The smallest absolute Gasteiger partial charge is 0.131 e. The minimum atomic E-state index is 0.726. The maximum absolute atomic E-state index is 4.08. The fourth-order valence-electron chi connectivity index (χ4n) is 1.77. The van der Waals surface area contributed by atoms with Crippen molar-refractivity contribution in [1.82, 2.24) is 15.5 Å². The summed E-state index contributed by atoms with van der Waals surface area (Å²) in [5.74, 6) is 0. The molecule has 0 radical (unpaired) electrons. The van der Waals surface area contributed by atoms with Crippen LogP contribution in [0.1, 0.15) is 35.7 Å². The lowest BCUT2D eigenvalue weighted by Crippen LogP contribution is -2.25. The van der Waals surface area contributed by atoms with E-state index in [-0.39, 0.29) is 0 Å². The van der Waals surface area contributed by atoms with Crippen LogP contribution in [-0.2, 0) is 6.54 Å². The van der Waals surface area contributed by atoms with Gasteiger partial charge < -0.3 is 5.32 Å². The first-order valence-corrected chi connectivity index (χ1v) is 5.68. The highest BCUT2D eigenvalue weighted by atomic mass is 32.1. The van der Waals surface area contributed by atoms with Crippen molar-refractivity contribution in [1.29, 1.82) is 0 Å². The van der Waals surface area contributed by atoms with Gasteiger partial charge in [0.2, 0.25) is 0 Å². The molecule has 0 aliphatic heterocycles. The highest BCUT2D eigenvalue weighted by Gasteiger charge is 2.14. The average molecular weight is 197 g/mol. The van der Waals surface area contributed by atoms with Gasteiger partial charge in [0, 0.05) is 12.6 Å². The molecule has 0 unspecified atom stereocenters. The van der Waals surface area contributed by atoms with E-state index >= 15 is 0 Å². The van der Waals surface area contributed by atoms with Gasteiger partial charge in [0.05, 0.1) is 0 Å². The first kappa shape index (κ1) is 9.09. The van der Waals surface area contributed by atoms with Crippen LogP contribution in [0.25, 0.3) is 0 Å². The number of hydrogen-bond acceptors (Lipinski definition) is 4. The first-order chi connectivity index (χ1) is 6.34. The summed E-state index contributed by atoms with van der Waals surface area (Å²) in [4.78, 5) is 0. The van der Waals surface area contributed by atoms with E-state index in [1.165, 1.54) is 25.7 Å². The van der Waals surface area contributed by atoms with Gasteiger partial charge in [0.25, 0.3) is 0 Å². The number of rotatable bonds is 3. The van der Waals surface area contributed by atoms with Crippen LogP contribution in [0.3, 0.4) is 0 Å². The minimum Gasteiger partial charge on any atom is -0.308 e. The Kier molecular flexibility index (Phi) is 2.90. The van der Waals surface area contributed by atoms with E-state index in [1.807, 2.05) is 6.92 Å². The van der Waals surface area contributed by atoms with Crippen molar-refractivity contribution in [3.05, 3.63) is 10.0 Å². The summed E-state index contributed by atoms with van der Waals surface area (Å²) in [6.45, 7) is 2.90. The number of nitrogens with zero attached hydrogens (tertiary/aromatic N) is 2. The summed E-state index contributed by atoms with van der Waals surface area (Å²) in [7, 11) is 0. The van der Waals surface area contributed by atoms with Crippen LogP contribution in [-0.4, -0.2) is 16.2 Å². The quantitative estimate of drug-likeness (QED) is 0.804. The van der Waals surface area contributed by atoms with Crippen LogP contribution >= 0.6 is 11.3 Å². The molecule has 0 spiro atoms. The molecule has 0 saturated heterocycles. The van der Waals surface area contributed by atoms with Crippen LogP contribution in [0.4, 0.5) is 0 Å². The second kappa shape index (κ2) is 4.15. The Balaban J connectivity index is 1.78. The van der Waals surface area contributed by atoms with Gasteiger partial charge in [-0.3, -0.25) is 0 Å². The molecule has 1 aliphatic carbocycles. The minimum absolute atomic E-state index is 0.726. The lowest BCUT2D eigenvalue weighted by Gasteiger charge is -2.08. The monoisotopic (exact) mass is 197 g/mol. The van der Waals surface area contributed by atoms with Crippen molar-refractivity contribution in [3.8, 4) is 0 Å². The third kappa shape index (κ3) is 2.48. The predicted octanol–water partition coefficient (Wildman–Crippen LogP) is 1.88. The number of aromatic nitrogens is 2. The Labute approximate surface area is 82.6 Å². The molecule has 3 nitrogen and oxygen atoms in total. The predicted molar refractivity (Wildman–Crippen MR) is 53.7 cm³/mol. The Morgan fingerprint density at radius 2 is 2.15 bits per heavy atom. The molecule has 1 aliphatic rings. The summed E-state index contributed by atoms with van der Waals surface area (Å²) >= 11 is 1.69. The summed E-state index contributed by atoms with van der Waals surface area (Å²) in [6, 6.07) is 0.726. The molecule has 1 N–H and O–H groups in total. The molecule has 0 aromatic carbocycles. The van der Waals surface area contributed by atoms with E-state index < -0.39 is 0 Å². The molecule has 0 amide bonds. The highest BCUT2D eigenvalue weighted by Crippen LogP contribution is 2.18. The van der Waals surface area contributed by atoms with Crippen molar-refractivity contribution in [2.45, 2.75) is 45.2 Å². The van der Waals surface area contributed by atoms with E-state index in [4.69, 9.17) is 0 Å². The van der Waals surface area contributed by atoms with Crippen LogP contribution in [0.15, 0.2) is 0 Å². The molecule has 1 aromatic rings. The zero-order chi connectivity index (χ0) is 9.10. The second-order valence-electron chi connectivity index (χ2n) is 3.58. The molecule has 4 heteroatoms. The summed E-state index contributed by atoms with van der Waals surface area (Å²) in [5.41, 5.74) is 0. The van der Waals surface area contributed by atoms with E-state index in [0.29, 0.717) is 0 Å². The van der Waals surface area contributed by atoms with Crippen LogP contribution in [0.5, 0.6) is 0 Å². The molecule has 0 bridgehead atoms. The normalized spacial score (nSPS) is 18.2. The van der Waals surface area contributed by atoms with E-state index in [2.05, 4.69) is 15.5 Å². The van der Waals surface area contributed by atoms with Crippen molar-refractivity contribution in [2.24, 2.45) is 0 Å². The van der Waals surface area contributed by atoms with Gasteiger partial charge in [-0.15, -0.1) is 21.5 Å². The lowest BCUT2D eigenvalue weighted by molar-refractivity contribution is 0.522. The molecule has 1 fully saturated rings. The number of nitrogens with one attached hydrogen (secondary N) is 1. The third-order valence-corrected chi connectivity index (χ3v) is 3.30. The molecule has 13 heavy (non-hydrogen) atoms. The summed E-state index contributed by atoms with van der Waals surface area (Å²) in [5, 5.41) is 13.8. The largest absolute Gasteiger partial charge is 0.308 e. The van der Waals surface area contributed by atoms with E-state index in [1.54, 1.807) is 11.3 Å². The fourth-order valence-corrected chi connectivity index (χ4v) is 2.43. The molecule has 2 rings (SSSR count). The third-order valence-electron chi connectivity index (χ3n) is 2.47. The molecule has 1 saturated carbocycles. The second-order valence-corrected chi connectivity index (χ2v) is 4.84. The fraction of sp³-hybridized carbons (Fsp3) is 0.778. The van der Waals surface area contributed by atoms with Crippen molar-refractivity contribution >= 4 is 11.3 Å². The summed E-state index contributed by atoms with van der Waals surface area (Å²) in [6.07, 6.45) is 5.43. The summed E-state index contributed by atoms with van der Waals surface area (Å²) < 4.78 is 0. The Morgan fingerprint density at radius 1 is 1.38 bits per heavy atom. The van der Waals surface area contributed by atoms with Gasteiger partial charge >= 0.3 is 0 Å². The van der Waals surface area contributed by atoms with Crippen LogP contribution in [0.2, 0.25) is 0 Å². The Morgan fingerprint density at radius 3 is 2.77 bits per heavy atom. The van der Waals surface area contributed by atoms with Crippen molar-refractivity contribution in [2.75, 3.05) is 0 Å². The lowest BCUT2D eigenvalue weighted by atomic mass is 10.2. The van der Waals surface area contributed by atoms with Gasteiger partial charge in [-0.2, -0.15) is 0 Å². The molecular formula is C9H15N3S. The highest BCUT2D eigenvalue weighted by molar-refractivity contribution is 7.11. The van der Waals surface area contributed by atoms with Gasteiger partial charge in [-0.25, -0.2) is 0 Å². The SMILES string of the molecule is Cc1nnc(CNC2CCCC2)s1. The van der Waals surface area contributed by atoms with Gasteiger partial charge in [0.15, 0.2) is 0 Å². The van der Waals surface area contributed by atoms with E-state index in [0.717, 1.165) is 22.6 Å². The first-order valence-electron chi connectivity index (χ1n) is 4.87.